The van der Waals surface area contributed by atoms with E-state index in [-0.39, 0.29) is 29.6 Å². The molecular weight excluding hydrogens is 444 g/mol. The van der Waals surface area contributed by atoms with Gasteiger partial charge in [-0.3, -0.25) is 24.3 Å². The number of aromatic nitrogens is 4. The summed E-state index contributed by atoms with van der Waals surface area (Å²) < 4.78 is 3.20. The van der Waals surface area contributed by atoms with Gasteiger partial charge in [-0.15, -0.1) is 0 Å². The molecule has 0 saturated heterocycles. The highest BCUT2D eigenvalue weighted by atomic mass is 32.2. The van der Waals surface area contributed by atoms with Crippen molar-refractivity contribution < 1.29 is 9.72 Å². The average Bonchev–Trinajstić information content (AvgIpc) is 3.40. The number of nitrogens with one attached hydrogen (secondary N) is 1. The van der Waals surface area contributed by atoms with Gasteiger partial charge in [0.25, 0.3) is 11.2 Å². The number of amides is 1. The third-order valence-electron chi connectivity index (χ3n) is 5.43. The third kappa shape index (κ3) is 3.87. The van der Waals surface area contributed by atoms with Crippen LogP contribution in [0.4, 0.5) is 11.4 Å². The minimum absolute atomic E-state index is 0.0538. The molecule has 0 bridgehead atoms. The summed E-state index contributed by atoms with van der Waals surface area (Å²) in [7, 11) is 0. The molecule has 33 heavy (non-hydrogen) atoms. The molecule has 4 aromatic rings. The van der Waals surface area contributed by atoms with E-state index in [1.54, 1.807) is 9.25 Å². The Morgan fingerprint density at radius 2 is 1.94 bits per heavy atom. The lowest BCUT2D eigenvalue weighted by Gasteiger charge is -2.13. The maximum absolute atomic E-state index is 13.2. The largest absolute Gasteiger partial charge is 0.326 e. The monoisotopic (exact) mass is 462 g/mol. The number of aryl methyl sites for hydroxylation is 1. The maximum atomic E-state index is 13.2. The summed E-state index contributed by atoms with van der Waals surface area (Å²) in [5.74, 6) is 0.255. The summed E-state index contributed by atoms with van der Waals surface area (Å²) in [6, 6.07) is 13.0. The van der Waals surface area contributed by atoms with E-state index in [0.717, 1.165) is 11.3 Å². The van der Waals surface area contributed by atoms with E-state index in [2.05, 4.69) is 15.4 Å². The molecular formula is C22H18N6O4S. The van der Waals surface area contributed by atoms with Crippen LogP contribution in [0.3, 0.4) is 0 Å². The van der Waals surface area contributed by atoms with Crippen molar-refractivity contribution in [2.45, 2.75) is 24.5 Å². The van der Waals surface area contributed by atoms with Gasteiger partial charge in [0.1, 0.15) is 5.39 Å². The number of fused-ring (bicyclic) bond motifs is 2. The van der Waals surface area contributed by atoms with Crippen LogP contribution >= 0.6 is 11.8 Å². The number of non-ortho nitro benzene ring substituents is 1. The predicted molar refractivity (Wildman–Crippen MR) is 124 cm³/mol. The molecule has 1 aliphatic rings. The van der Waals surface area contributed by atoms with Crippen LogP contribution in [-0.2, 0) is 4.79 Å². The van der Waals surface area contributed by atoms with Crippen molar-refractivity contribution in [3.8, 4) is 5.69 Å². The van der Waals surface area contributed by atoms with Crippen molar-refractivity contribution in [3.63, 3.8) is 0 Å². The van der Waals surface area contributed by atoms with Crippen molar-refractivity contribution in [2.75, 3.05) is 11.1 Å². The first-order chi connectivity index (χ1) is 15.9. The van der Waals surface area contributed by atoms with Crippen molar-refractivity contribution in [3.05, 3.63) is 80.8 Å². The Kier molecular flexibility index (Phi) is 5.17. The molecule has 5 rings (SSSR count). The molecule has 1 unspecified atom stereocenters. The molecule has 1 N–H and O–H groups in total. The van der Waals surface area contributed by atoms with Crippen LogP contribution in [0.5, 0.6) is 0 Å². The molecule has 10 nitrogen and oxygen atoms in total. The van der Waals surface area contributed by atoms with Gasteiger partial charge in [-0.1, -0.05) is 29.5 Å². The van der Waals surface area contributed by atoms with Gasteiger partial charge >= 0.3 is 0 Å². The van der Waals surface area contributed by atoms with Gasteiger partial charge in [-0.05, 0) is 31.2 Å². The number of hydrogen-bond donors (Lipinski definition) is 1. The first-order valence-electron chi connectivity index (χ1n) is 10.1. The van der Waals surface area contributed by atoms with Crippen molar-refractivity contribution in [1.29, 1.82) is 0 Å². The standard InChI is InChI=1S/C22H18N6O4S/c1-13-2-6-15(7-3-13)27-20-18(11-23-27)21(30)26-17(12-33-22(26)25-20)10-19(29)24-14-4-8-16(9-5-14)28(31)32/h2-9,11,17H,10,12H2,1H3,(H,24,29). The van der Waals surface area contributed by atoms with E-state index in [1.807, 2.05) is 31.2 Å². The number of nitro benzene ring substituents is 1. The third-order valence-corrected chi connectivity index (χ3v) is 6.53. The smallest absolute Gasteiger partial charge is 0.269 e. The van der Waals surface area contributed by atoms with Crippen LogP contribution in [0, 0.1) is 17.0 Å². The second-order valence-corrected chi connectivity index (χ2v) is 8.71. The van der Waals surface area contributed by atoms with E-state index < -0.39 is 4.92 Å². The second-order valence-electron chi connectivity index (χ2n) is 7.72. The molecule has 0 saturated carbocycles. The van der Waals surface area contributed by atoms with Crippen molar-refractivity contribution >= 4 is 40.1 Å². The van der Waals surface area contributed by atoms with Crippen LogP contribution in [0.2, 0.25) is 0 Å². The van der Waals surface area contributed by atoms with Crippen LogP contribution in [-0.4, -0.2) is 35.9 Å². The Morgan fingerprint density at radius 3 is 2.64 bits per heavy atom. The van der Waals surface area contributed by atoms with Gasteiger partial charge in [0, 0.05) is 30.0 Å². The maximum Gasteiger partial charge on any atom is 0.269 e. The van der Waals surface area contributed by atoms with E-state index >= 15 is 0 Å². The lowest BCUT2D eigenvalue weighted by molar-refractivity contribution is -0.384. The minimum atomic E-state index is -0.501. The summed E-state index contributed by atoms with van der Waals surface area (Å²) in [5, 5.41) is 18.8. The first-order valence-corrected chi connectivity index (χ1v) is 11.1. The Balaban J connectivity index is 1.39. The number of anilines is 1. The topological polar surface area (TPSA) is 125 Å². The van der Waals surface area contributed by atoms with Crippen LogP contribution in [0.1, 0.15) is 18.0 Å². The fourth-order valence-electron chi connectivity index (χ4n) is 3.75. The zero-order valence-electron chi connectivity index (χ0n) is 17.5. The SMILES string of the molecule is Cc1ccc(-n2ncc3c(=O)n4c(nc32)SCC4CC(=O)Nc2ccc([N+](=O)[O-])cc2)cc1. The number of carbonyl (C=O) groups is 1. The van der Waals surface area contributed by atoms with Crippen LogP contribution < -0.4 is 10.9 Å². The van der Waals surface area contributed by atoms with E-state index in [4.69, 9.17) is 0 Å². The number of carbonyl (C=O) groups excluding carboxylic acids is 1. The number of thioether (sulfide) groups is 1. The van der Waals surface area contributed by atoms with Crippen molar-refractivity contribution in [1.82, 2.24) is 19.3 Å². The Hall–Kier alpha value is -3.99. The highest BCUT2D eigenvalue weighted by Gasteiger charge is 2.29. The molecule has 166 valence electrons. The summed E-state index contributed by atoms with van der Waals surface area (Å²) in [6.45, 7) is 2.00. The molecule has 1 atom stereocenters. The van der Waals surface area contributed by atoms with Gasteiger partial charge < -0.3 is 5.32 Å². The number of hydrogen-bond acceptors (Lipinski definition) is 7. The molecule has 2 aromatic heterocycles. The van der Waals surface area contributed by atoms with Gasteiger partial charge in [-0.25, -0.2) is 9.67 Å². The molecule has 11 heteroatoms. The lowest BCUT2D eigenvalue weighted by atomic mass is 10.2. The Labute approximate surface area is 191 Å². The van der Waals surface area contributed by atoms with Gasteiger partial charge in [0.15, 0.2) is 10.8 Å². The quantitative estimate of drug-likeness (QED) is 0.273. The van der Waals surface area contributed by atoms with Gasteiger partial charge in [0.05, 0.1) is 22.8 Å². The number of nitrogens with zero attached hydrogens (tertiary/aromatic N) is 5. The number of nitro groups is 1. The summed E-state index contributed by atoms with van der Waals surface area (Å²) in [5.41, 5.74) is 2.59. The molecule has 0 aliphatic carbocycles. The highest BCUT2D eigenvalue weighted by molar-refractivity contribution is 7.99. The number of rotatable bonds is 5. The average molecular weight is 462 g/mol. The molecule has 3 heterocycles. The molecule has 2 aromatic carbocycles. The zero-order valence-corrected chi connectivity index (χ0v) is 18.3. The van der Waals surface area contributed by atoms with Crippen molar-refractivity contribution in [2.24, 2.45) is 0 Å². The molecule has 1 aliphatic heterocycles. The Morgan fingerprint density at radius 1 is 1.21 bits per heavy atom. The summed E-state index contributed by atoms with van der Waals surface area (Å²) in [4.78, 5) is 40.8. The predicted octanol–water partition coefficient (Wildman–Crippen LogP) is 3.47. The fourth-order valence-corrected chi connectivity index (χ4v) is 4.88. The first kappa shape index (κ1) is 20.9. The van der Waals surface area contributed by atoms with E-state index in [9.17, 15) is 19.7 Å². The van der Waals surface area contributed by atoms with Crippen LogP contribution in [0.25, 0.3) is 16.7 Å². The molecule has 1 amide bonds. The second kappa shape index (κ2) is 8.17. The molecule has 0 spiro atoms. The van der Waals surface area contributed by atoms with Gasteiger partial charge in [0.2, 0.25) is 5.91 Å². The van der Waals surface area contributed by atoms with Crippen LogP contribution in [0.15, 0.2) is 64.7 Å². The molecule has 0 radical (unpaired) electrons. The van der Waals surface area contributed by atoms with Gasteiger partial charge in [-0.2, -0.15) is 5.10 Å². The molecule has 0 fully saturated rings. The summed E-state index contributed by atoms with van der Waals surface area (Å²) in [6.07, 6.45) is 1.59. The fraction of sp³-hybridized carbons (Fsp3) is 0.182. The normalized spacial score (nSPS) is 14.9. The van der Waals surface area contributed by atoms with E-state index in [0.29, 0.717) is 27.6 Å². The van der Waals surface area contributed by atoms with E-state index in [1.165, 1.54) is 42.2 Å². The minimum Gasteiger partial charge on any atom is -0.326 e. The Bertz CT molecular complexity index is 1440. The highest BCUT2D eigenvalue weighted by Crippen LogP contribution is 2.33. The number of benzene rings is 2. The lowest BCUT2D eigenvalue weighted by Crippen LogP contribution is -2.27. The summed E-state index contributed by atoms with van der Waals surface area (Å²) >= 11 is 1.42. The zero-order chi connectivity index (χ0) is 23.1.